The Morgan fingerprint density at radius 3 is 2.50 bits per heavy atom. The van der Waals surface area contributed by atoms with Crippen LogP contribution in [-0.2, 0) is 4.79 Å². The summed E-state index contributed by atoms with van der Waals surface area (Å²) in [6.45, 7) is 6.82. The summed E-state index contributed by atoms with van der Waals surface area (Å²) in [5, 5.41) is 0. The summed E-state index contributed by atoms with van der Waals surface area (Å²) in [6.07, 6.45) is 12.4. The van der Waals surface area contributed by atoms with Crippen LogP contribution in [0.3, 0.4) is 0 Å². The summed E-state index contributed by atoms with van der Waals surface area (Å²) >= 11 is 0. The van der Waals surface area contributed by atoms with Crippen LogP contribution in [0.4, 0.5) is 0 Å². The molecule has 0 aromatic heterocycles. The molecule has 0 aromatic rings. The standard InChI is InChI=1S/C17H26O/c1-13-7-6-12-17(2,3)15(13)10-11-16(18)14-8-4-5-9-14/h10-11,14H,4-9,12H2,1-3H3. The van der Waals surface area contributed by atoms with Crippen molar-refractivity contribution in [3.63, 3.8) is 0 Å². The van der Waals surface area contributed by atoms with Gasteiger partial charge in [0.1, 0.15) is 0 Å². The van der Waals surface area contributed by atoms with Crippen molar-refractivity contribution < 1.29 is 4.79 Å². The summed E-state index contributed by atoms with van der Waals surface area (Å²) in [5.74, 6) is 0.669. The molecule has 0 spiro atoms. The van der Waals surface area contributed by atoms with E-state index in [0.29, 0.717) is 11.7 Å². The Morgan fingerprint density at radius 1 is 1.22 bits per heavy atom. The quantitative estimate of drug-likeness (QED) is 0.652. The van der Waals surface area contributed by atoms with Gasteiger partial charge in [-0.25, -0.2) is 0 Å². The number of ketones is 1. The monoisotopic (exact) mass is 246 g/mol. The molecule has 2 aliphatic rings. The van der Waals surface area contributed by atoms with Crippen molar-refractivity contribution >= 4 is 5.78 Å². The molecule has 0 aromatic carbocycles. The first-order valence-corrected chi connectivity index (χ1v) is 7.43. The molecule has 1 nitrogen and oxygen atoms in total. The summed E-state index contributed by atoms with van der Waals surface area (Å²) in [4.78, 5) is 12.1. The summed E-state index contributed by atoms with van der Waals surface area (Å²) < 4.78 is 0. The highest BCUT2D eigenvalue weighted by atomic mass is 16.1. The van der Waals surface area contributed by atoms with Crippen LogP contribution in [0.1, 0.15) is 65.7 Å². The minimum atomic E-state index is 0.245. The van der Waals surface area contributed by atoms with Gasteiger partial charge in [0.25, 0.3) is 0 Å². The molecule has 18 heavy (non-hydrogen) atoms. The Morgan fingerprint density at radius 2 is 1.89 bits per heavy atom. The molecule has 0 aliphatic heterocycles. The first kappa shape index (κ1) is 13.6. The topological polar surface area (TPSA) is 17.1 Å². The molecule has 0 N–H and O–H groups in total. The fourth-order valence-electron chi connectivity index (χ4n) is 3.52. The van der Waals surface area contributed by atoms with Gasteiger partial charge in [0, 0.05) is 5.92 Å². The molecule has 0 unspecified atom stereocenters. The predicted octanol–water partition coefficient (Wildman–Crippen LogP) is 4.83. The van der Waals surface area contributed by atoms with E-state index in [1.807, 2.05) is 6.08 Å². The molecule has 0 saturated heterocycles. The van der Waals surface area contributed by atoms with Gasteiger partial charge in [0.05, 0.1) is 0 Å². The van der Waals surface area contributed by atoms with E-state index in [1.54, 1.807) is 0 Å². The summed E-state index contributed by atoms with van der Waals surface area (Å²) in [6, 6.07) is 0. The lowest BCUT2D eigenvalue weighted by atomic mass is 9.72. The SMILES string of the molecule is CC1=C(C=CC(=O)C2CCCC2)C(C)(C)CCC1. The van der Waals surface area contributed by atoms with Crippen LogP contribution in [0.25, 0.3) is 0 Å². The van der Waals surface area contributed by atoms with E-state index < -0.39 is 0 Å². The second kappa shape index (κ2) is 5.42. The van der Waals surface area contributed by atoms with Crippen molar-refractivity contribution in [3.8, 4) is 0 Å². The lowest BCUT2D eigenvalue weighted by Gasteiger charge is -2.32. The summed E-state index contributed by atoms with van der Waals surface area (Å²) in [5.41, 5.74) is 3.12. The first-order chi connectivity index (χ1) is 8.50. The van der Waals surface area contributed by atoms with E-state index >= 15 is 0 Å². The van der Waals surface area contributed by atoms with E-state index in [9.17, 15) is 4.79 Å². The maximum atomic E-state index is 12.1. The van der Waals surface area contributed by atoms with E-state index in [1.165, 1.54) is 43.3 Å². The highest BCUT2D eigenvalue weighted by molar-refractivity contribution is 5.92. The number of carbonyl (C=O) groups excluding carboxylic acids is 1. The van der Waals surface area contributed by atoms with Crippen LogP contribution >= 0.6 is 0 Å². The van der Waals surface area contributed by atoms with Crippen LogP contribution in [0.2, 0.25) is 0 Å². The Kier molecular flexibility index (Phi) is 4.09. The van der Waals surface area contributed by atoms with Gasteiger partial charge in [-0.2, -0.15) is 0 Å². The highest BCUT2D eigenvalue weighted by Crippen LogP contribution is 2.40. The van der Waals surface area contributed by atoms with E-state index in [-0.39, 0.29) is 5.41 Å². The van der Waals surface area contributed by atoms with Gasteiger partial charge < -0.3 is 0 Å². The molecule has 0 radical (unpaired) electrons. The fourth-order valence-corrected chi connectivity index (χ4v) is 3.52. The zero-order chi connectivity index (χ0) is 13.2. The number of allylic oxidation sites excluding steroid dienone is 4. The zero-order valence-electron chi connectivity index (χ0n) is 12.1. The average molecular weight is 246 g/mol. The van der Waals surface area contributed by atoms with Crippen LogP contribution in [0.15, 0.2) is 23.3 Å². The molecule has 1 fully saturated rings. The summed E-state index contributed by atoms with van der Waals surface area (Å²) in [7, 11) is 0. The van der Waals surface area contributed by atoms with Crippen molar-refractivity contribution in [2.45, 2.75) is 65.7 Å². The third-order valence-electron chi connectivity index (χ3n) is 4.71. The molecule has 1 saturated carbocycles. The molecule has 0 heterocycles. The minimum absolute atomic E-state index is 0.245. The largest absolute Gasteiger partial charge is 0.295 e. The maximum Gasteiger partial charge on any atom is 0.158 e. The fraction of sp³-hybridized carbons (Fsp3) is 0.706. The van der Waals surface area contributed by atoms with Gasteiger partial charge in [-0.1, -0.05) is 38.3 Å². The van der Waals surface area contributed by atoms with Crippen molar-refractivity contribution in [2.24, 2.45) is 11.3 Å². The first-order valence-electron chi connectivity index (χ1n) is 7.43. The number of hydrogen-bond donors (Lipinski definition) is 0. The molecule has 2 aliphatic carbocycles. The van der Waals surface area contributed by atoms with E-state index in [0.717, 1.165) is 12.8 Å². The van der Waals surface area contributed by atoms with Crippen molar-refractivity contribution in [2.75, 3.05) is 0 Å². The van der Waals surface area contributed by atoms with Crippen LogP contribution in [0, 0.1) is 11.3 Å². The molecule has 100 valence electrons. The molecular weight excluding hydrogens is 220 g/mol. The minimum Gasteiger partial charge on any atom is -0.295 e. The molecule has 0 amide bonds. The third-order valence-corrected chi connectivity index (χ3v) is 4.71. The number of rotatable bonds is 3. The molecule has 0 bridgehead atoms. The highest BCUT2D eigenvalue weighted by Gasteiger charge is 2.27. The van der Waals surface area contributed by atoms with Crippen LogP contribution in [0.5, 0.6) is 0 Å². The third kappa shape index (κ3) is 2.93. The maximum absolute atomic E-state index is 12.1. The van der Waals surface area contributed by atoms with Gasteiger partial charge >= 0.3 is 0 Å². The van der Waals surface area contributed by atoms with Crippen molar-refractivity contribution in [1.82, 2.24) is 0 Å². The zero-order valence-corrected chi connectivity index (χ0v) is 12.1. The van der Waals surface area contributed by atoms with E-state index in [4.69, 9.17) is 0 Å². The molecule has 1 heteroatoms. The van der Waals surface area contributed by atoms with Crippen molar-refractivity contribution in [1.29, 1.82) is 0 Å². The van der Waals surface area contributed by atoms with Gasteiger partial charge in [0.2, 0.25) is 0 Å². The Bertz CT molecular complexity index is 378. The number of hydrogen-bond acceptors (Lipinski definition) is 1. The van der Waals surface area contributed by atoms with Gasteiger partial charge in [0.15, 0.2) is 5.78 Å². The Balaban J connectivity index is 2.09. The van der Waals surface area contributed by atoms with Gasteiger partial charge in [-0.3, -0.25) is 4.79 Å². The average Bonchev–Trinajstić information content (AvgIpc) is 2.80. The van der Waals surface area contributed by atoms with Crippen LogP contribution < -0.4 is 0 Å². The van der Waals surface area contributed by atoms with Gasteiger partial charge in [-0.15, -0.1) is 0 Å². The predicted molar refractivity (Wildman–Crippen MR) is 76.4 cm³/mol. The normalized spacial score (nSPS) is 25.1. The van der Waals surface area contributed by atoms with Crippen molar-refractivity contribution in [3.05, 3.63) is 23.3 Å². The van der Waals surface area contributed by atoms with Crippen LogP contribution in [-0.4, -0.2) is 5.78 Å². The molecule has 2 rings (SSSR count). The van der Waals surface area contributed by atoms with Gasteiger partial charge in [-0.05, 0) is 56.1 Å². The second-order valence-corrected chi connectivity index (χ2v) is 6.65. The Labute approximate surface area is 111 Å². The smallest absolute Gasteiger partial charge is 0.158 e. The number of carbonyl (C=O) groups is 1. The second-order valence-electron chi connectivity index (χ2n) is 6.65. The molecule has 0 atom stereocenters. The Hall–Kier alpha value is -0.850. The van der Waals surface area contributed by atoms with E-state index in [2.05, 4.69) is 26.8 Å². The molecular formula is C17H26O. The lowest BCUT2D eigenvalue weighted by Crippen LogP contribution is -2.19. The lowest BCUT2D eigenvalue weighted by molar-refractivity contribution is -0.118.